The fourth-order valence-electron chi connectivity index (χ4n) is 3.58. The highest BCUT2D eigenvalue weighted by atomic mass is 16.6. The molecule has 0 aromatic heterocycles. The smallest absolute Gasteiger partial charge is 0.412 e. The second-order valence-electron chi connectivity index (χ2n) is 8.00. The first-order valence-corrected chi connectivity index (χ1v) is 11.6. The minimum atomic E-state index is -0.559. The monoisotopic (exact) mass is 480 g/mol. The lowest BCUT2D eigenvalue weighted by Gasteiger charge is -2.29. The molecular formula is C29H28N4O3. The number of benzene rings is 3. The third kappa shape index (κ3) is 7.65. The summed E-state index contributed by atoms with van der Waals surface area (Å²) in [6.07, 6.45) is 0.455. The molecule has 0 heterocycles. The van der Waals surface area contributed by atoms with E-state index in [4.69, 9.17) is 20.0 Å². The first kappa shape index (κ1) is 25.9. The number of rotatable bonds is 10. The van der Waals surface area contributed by atoms with Crippen molar-refractivity contribution in [2.45, 2.75) is 20.0 Å². The quantitative estimate of drug-likeness (QED) is 0.360. The Morgan fingerprint density at radius 1 is 1.03 bits per heavy atom. The zero-order valence-electron chi connectivity index (χ0n) is 20.3. The molecule has 0 bridgehead atoms. The first-order valence-electron chi connectivity index (χ1n) is 11.6. The lowest BCUT2D eigenvalue weighted by Crippen LogP contribution is -2.39. The molecule has 182 valence electrons. The molecule has 3 aromatic carbocycles. The normalized spacial score (nSPS) is 10.8. The fraction of sp³-hybridized carbons (Fsp3) is 0.207. The minimum Gasteiger partial charge on any atom is -0.490 e. The standard InChI is InChI=1S/C29H28N4O3/c1-3-33(26-15-14-24(22(2)16-26)17-23(18-30)19-31)20-28(21-35-27-12-8-5-9-13-27)36-29(34)32-25-10-6-4-7-11-25/h4-17,28H,3,20-21H2,1-2H3,(H,32,34). The number of aryl methyl sites for hydroxylation is 1. The van der Waals surface area contributed by atoms with E-state index in [0.717, 1.165) is 16.8 Å². The van der Waals surface area contributed by atoms with Crippen LogP contribution in [0.2, 0.25) is 0 Å². The second-order valence-corrected chi connectivity index (χ2v) is 8.00. The van der Waals surface area contributed by atoms with Crippen molar-refractivity contribution in [2.24, 2.45) is 0 Å². The summed E-state index contributed by atoms with van der Waals surface area (Å²) < 4.78 is 11.7. The van der Waals surface area contributed by atoms with Gasteiger partial charge in [0.2, 0.25) is 0 Å². The van der Waals surface area contributed by atoms with Crippen molar-refractivity contribution in [3.8, 4) is 17.9 Å². The summed E-state index contributed by atoms with van der Waals surface area (Å²) in [6.45, 7) is 5.20. The van der Waals surface area contributed by atoms with E-state index in [-0.39, 0.29) is 12.2 Å². The van der Waals surface area contributed by atoms with Crippen LogP contribution in [0.15, 0.2) is 84.4 Å². The maximum absolute atomic E-state index is 12.6. The number of ether oxygens (including phenoxy) is 2. The molecule has 0 aliphatic carbocycles. The third-order valence-electron chi connectivity index (χ3n) is 5.44. The Hall–Kier alpha value is -4.75. The Labute approximate surface area is 211 Å². The molecule has 0 spiro atoms. The van der Waals surface area contributed by atoms with Crippen LogP contribution in [0.25, 0.3) is 6.08 Å². The van der Waals surface area contributed by atoms with Gasteiger partial charge in [-0.25, -0.2) is 4.79 Å². The Bertz CT molecular complexity index is 1250. The predicted octanol–water partition coefficient (Wildman–Crippen LogP) is 5.95. The SMILES string of the molecule is CCN(CC(COc1ccccc1)OC(=O)Nc1ccccc1)c1ccc(C=C(C#N)C#N)c(C)c1. The number of carbonyl (C=O) groups excluding carboxylic acids is 1. The zero-order chi connectivity index (χ0) is 25.8. The van der Waals surface area contributed by atoms with Crippen molar-refractivity contribution in [1.29, 1.82) is 10.5 Å². The average Bonchev–Trinajstić information content (AvgIpc) is 2.90. The summed E-state index contributed by atoms with van der Waals surface area (Å²) in [5.41, 5.74) is 3.35. The maximum Gasteiger partial charge on any atom is 0.412 e. The van der Waals surface area contributed by atoms with E-state index in [9.17, 15) is 4.79 Å². The maximum atomic E-state index is 12.6. The van der Waals surface area contributed by atoms with Crippen LogP contribution in [0, 0.1) is 29.6 Å². The summed E-state index contributed by atoms with van der Waals surface area (Å²) in [7, 11) is 0. The molecule has 0 saturated heterocycles. The number of carbonyl (C=O) groups is 1. The number of hydrogen-bond donors (Lipinski definition) is 1. The highest BCUT2D eigenvalue weighted by Gasteiger charge is 2.20. The highest BCUT2D eigenvalue weighted by Crippen LogP contribution is 2.22. The molecule has 0 saturated carbocycles. The molecule has 0 aliphatic heterocycles. The van der Waals surface area contributed by atoms with Gasteiger partial charge in [-0.3, -0.25) is 5.32 Å². The van der Waals surface area contributed by atoms with E-state index in [0.29, 0.717) is 24.5 Å². The Morgan fingerprint density at radius 2 is 1.69 bits per heavy atom. The number of allylic oxidation sites excluding steroid dienone is 1. The van der Waals surface area contributed by atoms with Crippen LogP contribution in [-0.4, -0.2) is 31.9 Å². The highest BCUT2D eigenvalue weighted by molar-refractivity contribution is 5.84. The van der Waals surface area contributed by atoms with Gasteiger partial charge in [0.05, 0.1) is 6.54 Å². The van der Waals surface area contributed by atoms with Gasteiger partial charge in [-0.15, -0.1) is 0 Å². The molecule has 7 heteroatoms. The fourth-order valence-corrected chi connectivity index (χ4v) is 3.58. The van der Waals surface area contributed by atoms with E-state index in [1.165, 1.54) is 0 Å². The molecular weight excluding hydrogens is 452 g/mol. The van der Waals surface area contributed by atoms with Gasteiger partial charge in [0.15, 0.2) is 6.10 Å². The van der Waals surface area contributed by atoms with E-state index in [1.807, 2.05) is 92.7 Å². The summed E-state index contributed by atoms with van der Waals surface area (Å²) in [6, 6.07) is 28.1. The van der Waals surface area contributed by atoms with Crippen LogP contribution >= 0.6 is 0 Å². The summed E-state index contributed by atoms with van der Waals surface area (Å²) in [5, 5.41) is 20.9. The minimum absolute atomic E-state index is 0.0501. The molecule has 0 aliphatic rings. The van der Waals surface area contributed by atoms with Gasteiger partial charge in [0.25, 0.3) is 0 Å². The van der Waals surface area contributed by atoms with Gasteiger partial charge in [-0.1, -0.05) is 42.5 Å². The largest absolute Gasteiger partial charge is 0.490 e. The number of likely N-dealkylation sites (N-methyl/N-ethyl adjacent to an activating group) is 1. The van der Waals surface area contributed by atoms with E-state index < -0.39 is 12.2 Å². The molecule has 1 unspecified atom stereocenters. The topological polar surface area (TPSA) is 98.4 Å². The van der Waals surface area contributed by atoms with Gasteiger partial charge in [-0.05, 0) is 67.4 Å². The summed E-state index contributed by atoms with van der Waals surface area (Å²) in [4.78, 5) is 14.7. The first-order chi connectivity index (χ1) is 17.5. The summed E-state index contributed by atoms with van der Waals surface area (Å²) >= 11 is 0. The average molecular weight is 481 g/mol. The Kier molecular flexibility index (Phi) is 9.50. The second kappa shape index (κ2) is 13.2. The van der Waals surface area contributed by atoms with Crippen molar-refractivity contribution in [3.05, 3.63) is 95.6 Å². The van der Waals surface area contributed by atoms with Crippen LogP contribution in [0.4, 0.5) is 16.2 Å². The van der Waals surface area contributed by atoms with Crippen LogP contribution in [0.5, 0.6) is 5.75 Å². The predicted molar refractivity (Wildman–Crippen MR) is 141 cm³/mol. The van der Waals surface area contributed by atoms with Gasteiger partial charge in [-0.2, -0.15) is 10.5 Å². The molecule has 3 rings (SSSR count). The van der Waals surface area contributed by atoms with Crippen LogP contribution < -0.4 is 15.0 Å². The molecule has 3 aromatic rings. The van der Waals surface area contributed by atoms with Crippen molar-refractivity contribution in [2.75, 3.05) is 29.9 Å². The van der Waals surface area contributed by atoms with E-state index in [2.05, 4.69) is 10.2 Å². The molecule has 0 fully saturated rings. The third-order valence-corrected chi connectivity index (χ3v) is 5.44. The van der Waals surface area contributed by atoms with Crippen molar-refractivity contribution in [1.82, 2.24) is 0 Å². The number of nitrogens with one attached hydrogen (secondary N) is 1. The molecule has 1 amide bonds. The summed E-state index contributed by atoms with van der Waals surface area (Å²) in [5.74, 6) is 0.690. The number of nitrogens with zero attached hydrogens (tertiary/aromatic N) is 3. The van der Waals surface area contributed by atoms with Gasteiger partial charge < -0.3 is 14.4 Å². The molecule has 1 N–H and O–H groups in total. The number of hydrogen-bond acceptors (Lipinski definition) is 6. The van der Waals surface area contributed by atoms with Crippen molar-refractivity contribution >= 4 is 23.5 Å². The van der Waals surface area contributed by atoms with Gasteiger partial charge in [0.1, 0.15) is 30.1 Å². The van der Waals surface area contributed by atoms with E-state index >= 15 is 0 Å². The van der Waals surface area contributed by atoms with Crippen LogP contribution in [-0.2, 0) is 4.74 Å². The van der Waals surface area contributed by atoms with Gasteiger partial charge in [0, 0.05) is 17.9 Å². The lowest BCUT2D eigenvalue weighted by atomic mass is 10.0. The zero-order valence-corrected chi connectivity index (χ0v) is 20.3. The lowest BCUT2D eigenvalue weighted by molar-refractivity contribution is 0.0785. The molecule has 36 heavy (non-hydrogen) atoms. The number of para-hydroxylation sites is 2. The number of amides is 1. The Morgan fingerprint density at radius 3 is 2.31 bits per heavy atom. The van der Waals surface area contributed by atoms with Crippen LogP contribution in [0.3, 0.4) is 0 Å². The molecule has 7 nitrogen and oxygen atoms in total. The number of anilines is 2. The number of nitriles is 2. The van der Waals surface area contributed by atoms with Crippen molar-refractivity contribution in [3.63, 3.8) is 0 Å². The van der Waals surface area contributed by atoms with Crippen molar-refractivity contribution < 1.29 is 14.3 Å². The van der Waals surface area contributed by atoms with Gasteiger partial charge >= 0.3 is 6.09 Å². The molecule has 1 atom stereocenters. The molecule has 0 radical (unpaired) electrons. The van der Waals surface area contributed by atoms with E-state index in [1.54, 1.807) is 18.2 Å². The Balaban J connectivity index is 1.76. The van der Waals surface area contributed by atoms with Crippen LogP contribution in [0.1, 0.15) is 18.1 Å².